The van der Waals surface area contributed by atoms with E-state index in [0.717, 1.165) is 41.2 Å². The van der Waals surface area contributed by atoms with Gasteiger partial charge in [0.1, 0.15) is 9.21 Å². The number of hydrogen-bond donors (Lipinski definition) is 0. The number of rotatable bonds is 2. The summed E-state index contributed by atoms with van der Waals surface area (Å²) in [4.78, 5) is 2.33. The third-order valence-electron chi connectivity index (χ3n) is 3.09. The Bertz CT molecular complexity index is 579. The third-order valence-corrected chi connectivity index (χ3v) is 4.04. The van der Waals surface area contributed by atoms with E-state index in [2.05, 4.69) is 60.1 Å². The lowest BCUT2D eigenvalue weighted by molar-refractivity contribution is 0.122. The van der Waals surface area contributed by atoms with Gasteiger partial charge in [0.25, 0.3) is 0 Å². The van der Waals surface area contributed by atoms with Gasteiger partial charge >= 0.3 is 0 Å². The second-order valence-corrected chi connectivity index (χ2v) is 5.95. The largest absolute Gasteiger partial charge is 0.378 e. The van der Waals surface area contributed by atoms with Crippen LogP contribution in [0.3, 0.4) is 0 Å². The Hall–Kier alpha value is -0.850. The quantitative estimate of drug-likeness (QED) is 0.793. The molecule has 1 aliphatic rings. The van der Waals surface area contributed by atoms with Gasteiger partial charge in [-0.1, -0.05) is 6.07 Å². The van der Waals surface area contributed by atoms with Crippen molar-refractivity contribution in [2.45, 2.75) is 0 Å². The fourth-order valence-electron chi connectivity index (χ4n) is 2.16. The molecule has 0 N–H and O–H groups in total. The summed E-state index contributed by atoms with van der Waals surface area (Å²) in [7, 11) is 0. The lowest BCUT2D eigenvalue weighted by atomic mass is 10.2. The Kier molecular flexibility index (Phi) is 3.91. The second-order valence-electron chi connectivity index (χ2n) is 4.32. The summed E-state index contributed by atoms with van der Waals surface area (Å²) in [6, 6.07) is 10.3. The summed E-state index contributed by atoms with van der Waals surface area (Å²) in [5, 5.41) is 4.41. The standard InChI is InChI=1S/C13H13Br2N3O/c14-12-9-13(15)18(16-12)11-3-1-2-10(8-11)17-4-6-19-7-5-17/h1-3,8-9H,4-7H2. The van der Waals surface area contributed by atoms with E-state index in [4.69, 9.17) is 4.74 Å². The van der Waals surface area contributed by atoms with Crippen LogP contribution < -0.4 is 4.90 Å². The van der Waals surface area contributed by atoms with Gasteiger partial charge in [-0.15, -0.1) is 0 Å². The van der Waals surface area contributed by atoms with Crippen LogP contribution in [-0.4, -0.2) is 36.1 Å². The van der Waals surface area contributed by atoms with Crippen molar-refractivity contribution < 1.29 is 4.74 Å². The lowest BCUT2D eigenvalue weighted by Crippen LogP contribution is -2.36. The van der Waals surface area contributed by atoms with Crippen molar-refractivity contribution in [2.24, 2.45) is 0 Å². The van der Waals surface area contributed by atoms with Gasteiger partial charge in [-0.2, -0.15) is 5.10 Å². The Morgan fingerprint density at radius 3 is 2.47 bits per heavy atom. The fourth-order valence-corrected chi connectivity index (χ4v) is 3.34. The molecule has 0 radical (unpaired) electrons. The number of ether oxygens (including phenoxy) is 1. The van der Waals surface area contributed by atoms with E-state index < -0.39 is 0 Å². The number of halogens is 2. The topological polar surface area (TPSA) is 30.3 Å². The predicted octanol–water partition coefficient (Wildman–Crippen LogP) is 3.23. The second kappa shape index (κ2) is 5.64. The van der Waals surface area contributed by atoms with Crippen LogP contribution in [0.25, 0.3) is 5.69 Å². The maximum Gasteiger partial charge on any atom is 0.129 e. The first-order valence-corrected chi connectivity index (χ1v) is 7.67. The molecule has 100 valence electrons. The Morgan fingerprint density at radius 2 is 1.79 bits per heavy atom. The molecule has 0 spiro atoms. The molecule has 3 rings (SSSR count). The maximum atomic E-state index is 5.39. The van der Waals surface area contributed by atoms with Crippen molar-refractivity contribution in [3.05, 3.63) is 39.5 Å². The van der Waals surface area contributed by atoms with Crippen molar-refractivity contribution in [3.63, 3.8) is 0 Å². The predicted molar refractivity (Wildman–Crippen MR) is 82.0 cm³/mol. The smallest absolute Gasteiger partial charge is 0.129 e. The van der Waals surface area contributed by atoms with Crippen molar-refractivity contribution in [3.8, 4) is 5.69 Å². The van der Waals surface area contributed by atoms with Crippen molar-refractivity contribution in [1.29, 1.82) is 0 Å². The molecule has 1 fully saturated rings. The van der Waals surface area contributed by atoms with Gasteiger partial charge in [-0.05, 0) is 50.1 Å². The zero-order valence-corrected chi connectivity index (χ0v) is 13.4. The van der Waals surface area contributed by atoms with E-state index in [9.17, 15) is 0 Å². The van der Waals surface area contributed by atoms with Crippen LogP contribution >= 0.6 is 31.9 Å². The van der Waals surface area contributed by atoms with Crippen LogP contribution in [0.5, 0.6) is 0 Å². The molecular formula is C13H13Br2N3O. The van der Waals surface area contributed by atoms with E-state index in [1.54, 1.807) is 0 Å². The van der Waals surface area contributed by atoms with Crippen LogP contribution in [0.2, 0.25) is 0 Å². The fraction of sp³-hybridized carbons (Fsp3) is 0.308. The highest BCUT2D eigenvalue weighted by Crippen LogP contribution is 2.24. The number of aromatic nitrogens is 2. The number of nitrogens with zero attached hydrogens (tertiary/aromatic N) is 3. The van der Waals surface area contributed by atoms with Gasteiger partial charge in [0.15, 0.2) is 0 Å². The molecule has 2 aromatic rings. The summed E-state index contributed by atoms with van der Waals surface area (Å²) in [5.74, 6) is 0. The normalized spacial score (nSPS) is 15.8. The molecule has 1 aliphatic heterocycles. The zero-order chi connectivity index (χ0) is 13.2. The molecule has 0 bridgehead atoms. The summed E-state index contributed by atoms with van der Waals surface area (Å²) in [6.45, 7) is 3.46. The van der Waals surface area contributed by atoms with Gasteiger partial charge in [-0.3, -0.25) is 0 Å². The first-order chi connectivity index (χ1) is 9.24. The van der Waals surface area contributed by atoms with E-state index in [-0.39, 0.29) is 0 Å². The van der Waals surface area contributed by atoms with Gasteiger partial charge in [0.05, 0.1) is 18.9 Å². The SMILES string of the molecule is Brc1cc(Br)n(-c2cccc(N3CCOCC3)c2)n1. The molecule has 0 aliphatic carbocycles. The molecule has 6 heteroatoms. The molecule has 0 saturated carbocycles. The van der Waals surface area contributed by atoms with Crippen molar-refractivity contribution >= 4 is 37.5 Å². The van der Waals surface area contributed by atoms with Gasteiger partial charge < -0.3 is 9.64 Å². The molecule has 0 atom stereocenters. The molecule has 1 aromatic heterocycles. The highest BCUT2D eigenvalue weighted by molar-refractivity contribution is 9.11. The molecule has 1 aromatic carbocycles. The van der Waals surface area contributed by atoms with E-state index in [0.29, 0.717) is 0 Å². The average Bonchev–Trinajstić information content (AvgIpc) is 2.79. The van der Waals surface area contributed by atoms with Crippen molar-refractivity contribution in [1.82, 2.24) is 9.78 Å². The molecule has 4 nitrogen and oxygen atoms in total. The number of hydrogen-bond acceptors (Lipinski definition) is 3. The Morgan fingerprint density at radius 1 is 1.05 bits per heavy atom. The summed E-state index contributed by atoms with van der Waals surface area (Å²) in [6.07, 6.45) is 0. The van der Waals surface area contributed by atoms with Gasteiger partial charge in [0, 0.05) is 24.8 Å². The summed E-state index contributed by atoms with van der Waals surface area (Å²) >= 11 is 6.90. The highest BCUT2D eigenvalue weighted by atomic mass is 79.9. The summed E-state index contributed by atoms with van der Waals surface area (Å²) in [5.41, 5.74) is 2.25. The minimum Gasteiger partial charge on any atom is -0.378 e. The van der Waals surface area contributed by atoms with E-state index >= 15 is 0 Å². The van der Waals surface area contributed by atoms with E-state index in [1.807, 2.05) is 16.8 Å². The van der Waals surface area contributed by atoms with Crippen LogP contribution in [-0.2, 0) is 4.74 Å². The average molecular weight is 387 g/mol. The van der Waals surface area contributed by atoms with Gasteiger partial charge in [-0.25, -0.2) is 4.68 Å². The van der Waals surface area contributed by atoms with Crippen LogP contribution in [0.1, 0.15) is 0 Å². The highest BCUT2D eigenvalue weighted by Gasteiger charge is 2.12. The minimum absolute atomic E-state index is 0.793. The Balaban J connectivity index is 1.93. The van der Waals surface area contributed by atoms with Crippen LogP contribution in [0, 0.1) is 0 Å². The third kappa shape index (κ3) is 2.85. The van der Waals surface area contributed by atoms with Crippen molar-refractivity contribution in [2.75, 3.05) is 31.2 Å². The van der Waals surface area contributed by atoms with Crippen LogP contribution in [0.15, 0.2) is 39.5 Å². The molecular weight excluding hydrogens is 374 g/mol. The number of morpholine rings is 1. The molecule has 0 unspecified atom stereocenters. The molecule has 2 heterocycles. The zero-order valence-electron chi connectivity index (χ0n) is 10.2. The Labute approximate surface area is 128 Å². The first kappa shape index (κ1) is 13.1. The lowest BCUT2D eigenvalue weighted by Gasteiger charge is -2.29. The number of anilines is 1. The summed E-state index contributed by atoms with van der Waals surface area (Å²) < 4.78 is 9.00. The van der Waals surface area contributed by atoms with Crippen LogP contribution in [0.4, 0.5) is 5.69 Å². The number of benzene rings is 1. The monoisotopic (exact) mass is 385 g/mol. The molecule has 0 amide bonds. The molecule has 19 heavy (non-hydrogen) atoms. The van der Waals surface area contributed by atoms with E-state index in [1.165, 1.54) is 5.69 Å². The minimum atomic E-state index is 0.793. The first-order valence-electron chi connectivity index (χ1n) is 6.08. The van der Waals surface area contributed by atoms with Gasteiger partial charge in [0.2, 0.25) is 0 Å². The maximum absolute atomic E-state index is 5.39. The molecule has 1 saturated heterocycles.